The molecule has 5 aliphatic rings. The smallest absolute Gasteiger partial charge is 0.156 e. The summed E-state index contributed by atoms with van der Waals surface area (Å²) in [5.41, 5.74) is 5.83. The summed E-state index contributed by atoms with van der Waals surface area (Å²) in [4.78, 5) is 14.5. The van der Waals surface area contributed by atoms with Crippen LogP contribution in [0.5, 0.6) is 0 Å². The summed E-state index contributed by atoms with van der Waals surface area (Å²) < 4.78 is 27.7. The molecule has 0 N–H and O–H groups in total. The van der Waals surface area contributed by atoms with Crippen molar-refractivity contribution in [1.29, 1.82) is 0 Å². The second-order valence-corrected chi connectivity index (χ2v) is 12.0. The summed E-state index contributed by atoms with van der Waals surface area (Å²) in [5.74, 6) is 7.25. The van der Waals surface area contributed by atoms with Gasteiger partial charge in [-0.2, -0.15) is 0 Å². The van der Waals surface area contributed by atoms with Gasteiger partial charge < -0.3 is 14.4 Å². The van der Waals surface area contributed by atoms with E-state index in [0.717, 1.165) is 43.4 Å². The molecule has 3 aliphatic carbocycles. The quantitative estimate of drug-likeness (QED) is 0.441. The molecule has 2 saturated heterocycles. The molecule has 2 aromatic carbocycles. The summed E-state index contributed by atoms with van der Waals surface area (Å²) in [5, 5.41) is 0. The highest BCUT2D eigenvalue weighted by molar-refractivity contribution is 5.93. The molecule has 2 heterocycles. The highest BCUT2D eigenvalue weighted by Gasteiger charge is 2.70. The van der Waals surface area contributed by atoms with Crippen molar-refractivity contribution in [2.45, 2.75) is 50.2 Å². The molecule has 39 heavy (non-hydrogen) atoms. The van der Waals surface area contributed by atoms with Gasteiger partial charge in [0.2, 0.25) is 0 Å². The Balaban J connectivity index is 1.33. The van der Waals surface area contributed by atoms with Gasteiger partial charge in [-0.25, -0.2) is 4.39 Å². The first-order chi connectivity index (χ1) is 18.9. The number of nitrogens with zero attached hydrogens (tertiary/aromatic N) is 1. The van der Waals surface area contributed by atoms with Crippen LogP contribution in [-0.2, 0) is 14.3 Å². The van der Waals surface area contributed by atoms with E-state index in [2.05, 4.69) is 41.0 Å². The first kappa shape index (κ1) is 24.8. The Labute approximate surface area is 229 Å². The number of anilines is 1. The molecule has 4 nitrogen and oxygen atoms in total. The Hall–Kier alpha value is -3.20. The maximum Gasteiger partial charge on any atom is 0.156 e. The first-order valence-corrected chi connectivity index (χ1v) is 14.2. The van der Waals surface area contributed by atoms with Gasteiger partial charge in [-0.1, -0.05) is 36.1 Å². The fraction of sp³-hybridized carbons (Fsp3) is 0.441. The van der Waals surface area contributed by atoms with E-state index in [1.54, 1.807) is 12.1 Å². The van der Waals surface area contributed by atoms with Crippen molar-refractivity contribution in [1.82, 2.24) is 0 Å². The third-order valence-corrected chi connectivity index (χ3v) is 9.98. The molecule has 0 radical (unpaired) electrons. The maximum atomic E-state index is 14.4. The van der Waals surface area contributed by atoms with Crippen molar-refractivity contribution in [3.63, 3.8) is 0 Å². The topological polar surface area (TPSA) is 38.8 Å². The largest absolute Gasteiger partial charge is 0.378 e. The fourth-order valence-electron chi connectivity index (χ4n) is 7.92. The molecule has 0 aromatic heterocycles. The third-order valence-electron chi connectivity index (χ3n) is 9.98. The van der Waals surface area contributed by atoms with E-state index in [1.807, 2.05) is 26.2 Å². The van der Waals surface area contributed by atoms with Gasteiger partial charge in [-0.15, -0.1) is 0 Å². The van der Waals surface area contributed by atoms with Crippen LogP contribution < -0.4 is 4.90 Å². The maximum absolute atomic E-state index is 14.4. The van der Waals surface area contributed by atoms with Gasteiger partial charge in [-0.05, 0) is 96.6 Å². The van der Waals surface area contributed by atoms with E-state index in [9.17, 15) is 9.18 Å². The highest BCUT2D eigenvalue weighted by atomic mass is 19.1. The van der Waals surface area contributed by atoms with Crippen molar-refractivity contribution >= 4 is 11.5 Å². The standard InChI is InChI=1S/C34H34FNO3/c1-36(2)25-10-7-23(8-11-25)32-31-27-14-12-26(37)19-24(27)9-13-28(31)29-16-18-34(33(29,20-38-32)21-39-34)17-15-22-5-3-4-6-30(22)35/h3-8,10-11,19,28-29,32H,9,12-14,16,18,20-21H2,1-2H3/t28?,29?,32?,33-,34+/m1/s1. The summed E-state index contributed by atoms with van der Waals surface area (Å²) in [6, 6.07) is 15.4. The van der Waals surface area contributed by atoms with Crippen molar-refractivity contribution in [2.75, 3.05) is 32.2 Å². The molecular weight excluding hydrogens is 489 g/mol. The molecule has 7 rings (SSSR count). The van der Waals surface area contributed by atoms with Crippen LogP contribution in [0, 0.1) is 34.9 Å². The number of ketones is 1. The lowest BCUT2D eigenvalue weighted by atomic mass is 9.59. The Morgan fingerprint density at radius 1 is 1.00 bits per heavy atom. The normalized spacial score (nSPS) is 32.8. The highest BCUT2D eigenvalue weighted by Crippen LogP contribution is 2.67. The lowest BCUT2D eigenvalue weighted by molar-refractivity contribution is -0.253. The second-order valence-electron chi connectivity index (χ2n) is 12.0. The number of rotatable bonds is 2. The lowest BCUT2D eigenvalue weighted by Crippen LogP contribution is -2.64. The molecule has 0 amide bonds. The van der Waals surface area contributed by atoms with Crippen LogP contribution in [-0.4, -0.2) is 38.7 Å². The number of carbonyl (C=O) groups is 1. The molecule has 5 heteroatoms. The summed E-state index contributed by atoms with van der Waals surface area (Å²) >= 11 is 0. The summed E-state index contributed by atoms with van der Waals surface area (Å²) in [6.45, 7) is 1.19. The van der Waals surface area contributed by atoms with Crippen LogP contribution in [0.3, 0.4) is 0 Å². The fourth-order valence-corrected chi connectivity index (χ4v) is 7.92. The number of benzene rings is 2. The van der Waals surface area contributed by atoms with Gasteiger partial charge in [-0.3, -0.25) is 4.79 Å². The minimum atomic E-state index is -0.613. The van der Waals surface area contributed by atoms with Gasteiger partial charge in [0, 0.05) is 26.2 Å². The molecule has 2 aliphatic heterocycles. The van der Waals surface area contributed by atoms with E-state index in [0.29, 0.717) is 37.0 Å². The molecule has 3 unspecified atom stereocenters. The van der Waals surface area contributed by atoms with Crippen LogP contribution in [0.1, 0.15) is 55.8 Å². The zero-order valence-corrected chi connectivity index (χ0v) is 22.6. The summed E-state index contributed by atoms with van der Waals surface area (Å²) in [6.07, 6.45) is 6.89. The number of halogens is 1. The number of ether oxygens (including phenoxy) is 2. The lowest BCUT2D eigenvalue weighted by Gasteiger charge is -2.55. The minimum Gasteiger partial charge on any atom is -0.378 e. The zero-order chi connectivity index (χ0) is 26.8. The second kappa shape index (κ2) is 9.18. The van der Waals surface area contributed by atoms with E-state index in [-0.39, 0.29) is 23.1 Å². The van der Waals surface area contributed by atoms with Crippen LogP contribution in [0.25, 0.3) is 0 Å². The monoisotopic (exact) mass is 523 g/mol. The Kier molecular flexibility index (Phi) is 5.84. The average molecular weight is 524 g/mol. The first-order valence-electron chi connectivity index (χ1n) is 14.2. The number of hydrogen-bond acceptors (Lipinski definition) is 4. The van der Waals surface area contributed by atoms with Crippen molar-refractivity contribution in [3.05, 3.63) is 88.3 Å². The summed E-state index contributed by atoms with van der Waals surface area (Å²) in [7, 11) is 4.10. The van der Waals surface area contributed by atoms with E-state index >= 15 is 0 Å². The Morgan fingerprint density at radius 3 is 2.56 bits per heavy atom. The van der Waals surface area contributed by atoms with Crippen molar-refractivity contribution in [2.24, 2.45) is 17.3 Å². The predicted octanol–water partition coefficient (Wildman–Crippen LogP) is 6.18. The van der Waals surface area contributed by atoms with E-state index in [1.165, 1.54) is 22.8 Å². The minimum absolute atomic E-state index is 0.157. The van der Waals surface area contributed by atoms with Gasteiger partial charge in [0.1, 0.15) is 17.5 Å². The third kappa shape index (κ3) is 3.76. The van der Waals surface area contributed by atoms with Gasteiger partial charge in [0.25, 0.3) is 0 Å². The van der Waals surface area contributed by atoms with Gasteiger partial charge in [0.05, 0.1) is 24.2 Å². The van der Waals surface area contributed by atoms with Crippen LogP contribution in [0.15, 0.2) is 71.3 Å². The Bertz CT molecular complexity index is 1460. The average Bonchev–Trinajstić information content (AvgIpc) is 3.05. The molecule has 3 fully saturated rings. The number of carbonyl (C=O) groups excluding carboxylic acids is 1. The number of hydrogen-bond donors (Lipinski definition) is 0. The van der Waals surface area contributed by atoms with Gasteiger partial charge >= 0.3 is 0 Å². The molecule has 1 saturated carbocycles. The molecule has 200 valence electrons. The van der Waals surface area contributed by atoms with Gasteiger partial charge in [0.15, 0.2) is 5.78 Å². The van der Waals surface area contributed by atoms with Crippen LogP contribution in [0.4, 0.5) is 10.1 Å². The number of fused-ring (bicyclic) bond motifs is 3. The molecule has 1 spiro atoms. The zero-order valence-electron chi connectivity index (χ0n) is 22.6. The molecule has 2 aromatic rings. The molecule has 0 bridgehead atoms. The van der Waals surface area contributed by atoms with Crippen molar-refractivity contribution < 1.29 is 18.7 Å². The number of allylic oxidation sites excluding steroid dienone is 3. The van der Waals surface area contributed by atoms with Crippen LogP contribution >= 0.6 is 0 Å². The predicted molar refractivity (Wildman–Crippen MR) is 149 cm³/mol. The van der Waals surface area contributed by atoms with E-state index < -0.39 is 5.60 Å². The van der Waals surface area contributed by atoms with Crippen LogP contribution in [0.2, 0.25) is 0 Å². The Morgan fingerprint density at radius 2 is 1.82 bits per heavy atom. The van der Waals surface area contributed by atoms with E-state index in [4.69, 9.17) is 9.47 Å². The molecular formula is C34H34FNO3. The SMILES string of the molecule is CN(C)c1ccc(C2OC[C@]34CO[C@@]3(C#Cc3ccccc3F)CCC4C3CCC4=CC(=O)CCC4=C23)cc1. The molecule has 5 atom stereocenters. The van der Waals surface area contributed by atoms with Crippen molar-refractivity contribution in [3.8, 4) is 11.8 Å².